The Hall–Kier alpha value is -4.62. The van der Waals surface area contributed by atoms with E-state index in [2.05, 4.69) is 9.83 Å². The Balaban J connectivity index is 1.61. The van der Waals surface area contributed by atoms with E-state index in [1.54, 1.807) is 57.3 Å². The van der Waals surface area contributed by atoms with Crippen LogP contribution in [0.25, 0.3) is 15.9 Å². The van der Waals surface area contributed by atoms with Crippen LogP contribution in [0.1, 0.15) is 31.0 Å². The number of piperazine rings is 1. The van der Waals surface area contributed by atoms with Crippen molar-refractivity contribution in [3.63, 3.8) is 0 Å². The molecule has 2 aromatic heterocycles. The lowest BCUT2D eigenvalue weighted by molar-refractivity contribution is -0.155. The van der Waals surface area contributed by atoms with Crippen molar-refractivity contribution in [2.24, 2.45) is 7.05 Å². The van der Waals surface area contributed by atoms with Gasteiger partial charge in [-0.05, 0) is 61.4 Å². The molecule has 0 bridgehead atoms. The normalized spacial score (nSPS) is 15.9. The van der Waals surface area contributed by atoms with Crippen LogP contribution in [0, 0.1) is 18.2 Å². The van der Waals surface area contributed by atoms with Crippen LogP contribution in [0.3, 0.4) is 0 Å². The van der Waals surface area contributed by atoms with E-state index in [-0.39, 0.29) is 24.0 Å². The molecule has 0 aliphatic carbocycles. The number of hydrogen-bond donors (Lipinski definition) is 0. The Labute approximate surface area is 236 Å². The summed E-state index contributed by atoms with van der Waals surface area (Å²) in [5, 5.41) is 0. The van der Waals surface area contributed by atoms with Gasteiger partial charge in [0.05, 0.1) is 23.3 Å². The Bertz CT molecular complexity index is 1630. The molecular formula is C31H29F2N5O3. The van der Waals surface area contributed by atoms with Crippen molar-refractivity contribution >= 4 is 28.5 Å². The highest BCUT2D eigenvalue weighted by Crippen LogP contribution is 2.35. The summed E-state index contributed by atoms with van der Waals surface area (Å²) in [7, 11) is 1.64. The van der Waals surface area contributed by atoms with Crippen LogP contribution in [-0.4, -0.2) is 52.2 Å². The number of aromatic nitrogens is 2. The van der Waals surface area contributed by atoms with Crippen LogP contribution in [0.2, 0.25) is 0 Å². The van der Waals surface area contributed by atoms with E-state index >= 15 is 0 Å². The summed E-state index contributed by atoms with van der Waals surface area (Å²) in [6.45, 7) is 11.9. The van der Waals surface area contributed by atoms with Gasteiger partial charge in [0.1, 0.15) is 17.7 Å². The van der Waals surface area contributed by atoms with Gasteiger partial charge < -0.3 is 19.0 Å². The number of pyridine rings is 2. The second-order valence-electron chi connectivity index (χ2n) is 10.3. The Morgan fingerprint density at radius 1 is 1.00 bits per heavy atom. The van der Waals surface area contributed by atoms with E-state index in [9.17, 15) is 18.4 Å². The van der Waals surface area contributed by atoms with Crippen molar-refractivity contribution in [1.29, 1.82) is 0 Å². The molecule has 1 unspecified atom stereocenters. The summed E-state index contributed by atoms with van der Waals surface area (Å²) < 4.78 is 34.9. The van der Waals surface area contributed by atoms with Crippen molar-refractivity contribution in [2.45, 2.75) is 32.0 Å². The van der Waals surface area contributed by atoms with Gasteiger partial charge in [0.15, 0.2) is 0 Å². The molecule has 41 heavy (non-hydrogen) atoms. The average Bonchev–Trinajstić information content (AvgIpc) is 2.96. The van der Waals surface area contributed by atoms with Crippen LogP contribution in [-0.2, 0) is 16.6 Å². The first-order chi connectivity index (χ1) is 19.7. The summed E-state index contributed by atoms with van der Waals surface area (Å²) in [5.41, 5.74) is 2.80. The summed E-state index contributed by atoms with van der Waals surface area (Å²) in [5.74, 6) is -1.05. The third-order valence-electron chi connectivity index (χ3n) is 7.26. The van der Waals surface area contributed by atoms with Crippen LogP contribution in [0.15, 0.2) is 71.5 Å². The molecule has 0 N–H and O–H groups in total. The number of rotatable bonds is 6. The molecule has 0 spiro atoms. The smallest absolute Gasteiger partial charge is 0.325 e. The van der Waals surface area contributed by atoms with Gasteiger partial charge in [0.2, 0.25) is 5.52 Å². The second-order valence-corrected chi connectivity index (χ2v) is 10.3. The van der Waals surface area contributed by atoms with E-state index < -0.39 is 29.7 Å². The van der Waals surface area contributed by atoms with Gasteiger partial charge in [0.25, 0.3) is 11.4 Å². The fourth-order valence-electron chi connectivity index (χ4n) is 5.32. The third kappa shape index (κ3) is 5.67. The quantitative estimate of drug-likeness (QED) is 0.246. The van der Waals surface area contributed by atoms with Crippen molar-refractivity contribution in [3.05, 3.63) is 111 Å². The molecule has 0 amide bonds. The number of anilines is 1. The Morgan fingerprint density at radius 2 is 1.61 bits per heavy atom. The lowest BCUT2D eigenvalue weighted by Gasteiger charge is -2.45. The molecule has 2 aromatic carbocycles. The summed E-state index contributed by atoms with van der Waals surface area (Å²) >= 11 is 0. The monoisotopic (exact) mass is 557 g/mol. The van der Waals surface area contributed by atoms with Gasteiger partial charge in [-0.2, -0.15) is 0 Å². The van der Waals surface area contributed by atoms with Gasteiger partial charge in [-0.15, -0.1) is 4.98 Å². The zero-order chi connectivity index (χ0) is 29.3. The van der Waals surface area contributed by atoms with E-state index in [1.165, 1.54) is 34.9 Å². The minimum absolute atomic E-state index is 0.163. The maximum Gasteiger partial charge on any atom is 0.325 e. The van der Waals surface area contributed by atoms with Gasteiger partial charge in [-0.25, -0.2) is 8.78 Å². The molecule has 1 saturated heterocycles. The minimum atomic E-state index is -0.797. The van der Waals surface area contributed by atoms with Gasteiger partial charge in [0, 0.05) is 32.7 Å². The highest BCUT2D eigenvalue weighted by molar-refractivity contribution is 5.90. The Morgan fingerprint density at radius 3 is 2.17 bits per heavy atom. The maximum absolute atomic E-state index is 13.9. The van der Waals surface area contributed by atoms with E-state index in [0.29, 0.717) is 29.8 Å². The first-order valence-corrected chi connectivity index (χ1v) is 13.3. The van der Waals surface area contributed by atoms with Crippen molar-refractivity contribution in [3.8, 4) is 0 Å². The van der Waals surface area contributed by atoms with Gasteiger partial charge in [-0.1, -0.05) is 30.8 Å². The Kier molecular flexibility index (Phi) is 7.81. The predicted octanol–water partition coefficient (Wildman–Crippen LogP) is 4.99. The molecule has 5 rings (SSSR count). The molecule has 1 atom stereocenters. The number of carbonyl (C=O) groups is 1. The lowest BCUT2D eigenvalue weighted by atomic mass is 9.94. The number of hydrogen-bond acceptors (Lipinski definition) is 6. The van der Waals surface area contributed by atoms with E-state index in [4.69, 9.17) is 11.3 Å². The number of fused-ring (bicyclic) bond motifs is 1. The molecule has 10 heteroatoms. The highest BCUT2D eigenvalue weighted by Gasteiger charge is 2.40. The fourth-order valence-corrected chi connectivity index (χ4v) is 5.32. The number of ether oxygens (including phenoxy) is 1. The average molecular weight is 558 g/mol. The van der Waals surface area contributed by atoms with Crippen LogP contribution >= 0.6 is 0 Å². The zero-order valence-electron chi connectivity index (χ0n) is 22.9. The van der Waals surface area contributed by atoms with Gasteiger partial charge >= 0.3 is 5.97 Å². The molecular weight excluding hydrogens is 528 g/mol. The number of carbonyl (C=O) groups excluding carboxylic acids is 1. The molecule has 3 heterocycles. The van der Waals surface area contributed by atoms with E-state index in [1.807, 2.05) is 9.80 Å². The maximum atomic E-state index is 13.9. The van der Waals surface area contributed by atoms with Crippen molar-refractivity contribution < 1.29 is 18.3 Å². The summed E-state index contributed by atoms with van der Waals surface area (Å²) in [6, 6.07) is 15.5. The van der Waals surface area contributed by atoms with Crippen molar-refractivity contribution in [1.82, 2.24) is 14.5 Å². The van der Waals surface area contributed by atoms with Gasteiger partial charge in [-0.3, -0.25) is 14.5 Å². The molecule has 1 aliphatic rings. The molecule has 1 aliphatic heterocycles. The number of esters is 1. The first kappa shape index (κ1) is 27.9. The largest absolute Gasteiger partial charge is 0.462 e. The first-order valence-electron chi connectivity index (χ1n) is 13.3. The highest BCUT2D eigenvalue weighted by atomic mass is 19.1. The molecule has 0 radical (unpaired) electrons. The summed E-state index contributed by atoms with van der Waals surface area (Å²) in [6.07, 6.45) is -0.373. The van der Waals surface area contributed by atoms with Crippen LogP contribution in [0.4, 0.5) is 20.3 Å². The number of benzene rings is 2. The third-order valence-corrected chi connectivity index (χ3v) is 7.26. The summed E-state index contributed by atoms with van der Waals surface area (Å²) in [4.78, 5) is 38.4. The zero-order valence-corrected chi connectivity index (χ0v) is 22.9. The topological polar surface area (TPSA) is 72.0 Å². The van der Waals surface area contributed by atoms with Crippen LogP contribution < -0.4 is 10.5 Å². The SMILES string of the molecule is [C-]#[N+]c1ccc2c(n1)c(N1CCN(C(c3ccc(F)cc3)c3ccc(F)cc3)C(C(=O)OC(C)C)C1)cc(=O)n2C. The molecule has 0 saturated carbocycles. The number of nitrogens with zero attached hydrogens (tertiary/aromatic N) is 5. The van der Waals surface area contributed by atoms with Crippen molar-refractivity contribution in [2.75, 3.05) is 24.5 Å². The molecule has 4 aromatic rings. The molecule has 8 nitrogen and oxygen atoms in total. The fraction of sp³-hybridized carbons (Fsp3) is 0.290. The van der Waals surface area contributed by atoms with E-state index in [0.717, 1.165) is 11.1 Å². The second kappa shape index (κ2) is 11.5. The number of aryl methyl sites for hydroxylation is 1. The minimum Gasteiger partial charge on any atom is -0.462 e. The van der Waals surface area contributed by atoms with Crippen LogP contribution in [0.5, 0.6) is 0 Å². The lowest BCUT2D eigenvalue weighted by Crippen LogP contribution is -2.58. The predicted molar refractivity (Wildman–Crippen MR) is 152 cm³/mol. The standard InChI is InChI=1S/C31H29F2N5O3/c1-19(2)41-31(40)26-18-37(25-17-28(39)36(4)24-13-14-27(34-3)35-29(24)25)15-16-38(26)30(20-5-9-22(32)10-6-20)21-7-11-23(33)12-8-21/h5-14,17,19,26,30H,15-16,18H2,1-2,4H3. The number of halogens is 2. The molecule has 1 fully saturated rings. The molecule has 210 valence electrons.